The Morgan fingerprint density at radius 1 is 1.12 bits per heavy atom. The molecule has 34 heavy (non-hydrogen) atoms. The number of aryl methyl sites for hydroxylation is 1. The molecule has 2 heterocycles. The van der Waals surface area contributed by atoms with Crippen LogP contribution in [-0.2, 0) is 13.1 Å². The van der Waals surface area contributed by atoms with E-state index in [4.69, 9.17) is 16.3 Å². The van der Waals surface area contributed by atoms with Crippen LogP contribution in [0.2, 0.25) is 5.02 Å². The normalized spacial score (nSPS) is 12.6. The van der Waals surface area contributed by atoms with Gasteiger partial charge in [0.05, 0.1) is 12.9 Å². The van der Waals surface area contributed by atoms with Crippen molar-refractivity contribution in [2.24, 2.45) is 0 Å². The number of fused-ring (bicyclic) bond motifs is 1. The van der Waals surface area contributed by atoms with Crippen molar-refractivity contribution in [1.29, 1.82) is 0 Å². The predicted molar refractivity (Wildman–Crippen MR) is 124 cm³/mol. The monoisotopic (exact) mass is 491 g/mol. The molecule has 0 unspecified atom stereocenters. The molecule has 0 saturated carbocycles. The number of aromatic nitrogens is 4. The Kier molecular flexibility index (Phi) is 6.52. The quantitative estimate of drug-likeness (QED) is 0.375. The Morgan fingerprint density at radius 2 is 1.79 bits per heavy atom. The highest BCUT2D eigenvalue weighted by atomic mass is 35.5. The molecule has 0 aliphatic heterocycles. The zero-order chi connectivity index (χ0) is 24.5. The first-order valence-corrected chi connectivity index (χ1v) is 10.8. The third-order valence-corrected chi connectivity index (χ3v) is 5.47. The summed E-state index contributed by atoms with van der Waals surface area (Å²) in [5.74, 6) is 0.310. The highest BCUT2D eigenvalue weighted by molar-refractivity contribution is 6.30. The maximum Gasteiger partial charge on any atom is 0.425 e. The van der Waals surface area contributed by atoms with E-state index >= 15 is 0 Å². The molecular formula is C23H21ClF3N5O2. The molecule has 2 aromatic carbocycles. The first kappa shape index (κ1) is 23.6. The molecule has 7 nitrogen and oxygen atoms in total. The number of hydrogen-bond acceptors (Lipinski definition) is 5. The van der Waals surface area contributed by atoms with E-state index in [1.807, 2.05) is 19.1 Å². The zero-order valence-electron chi connectivity index (χ0n) is 18.3. The predicted octanol–water partition coefficient (Wildman–Crippen LogP) is 5.39. The summed E-state index contributed by atoms with van der Waals surface area (Å²) in [7, 11) is 0. The lowest BCUT2D eigenvalue weighted by Crippen LogP contribution is -2.31. The molecule has 2 aromatic heterocycles. The van der Waals surface area contributed by atoms with Crippen molar-refractivity contribution >= 4 is 34.4 Å². The molecule has 11 heteroatoms. The van der Waals surface area contributed by atoms with E-state index in [2.05, 4.69) is 15.3 Å². The van der Waals surface area contributed by atoms with Gasteiger partial charge in [0.25, 0.3) is 0 Å². The number of nitrogens with one attached hydrogen (secondary N) is 1. The molecule has 0 spiro atoms. The Bertz CT molecular complexity index is 1350. The van der Waals surface area contributed by atoms with E-state index in [0.29, 0.717) is 35.0 Å². The molecule has 0 radical (unpaired) electrons. The third kappa shape index (κ3) is 5.01. The number of benzene rings is 2. The van der Waals surface area contributed by atoms with Crippen molar-refractivity contribution in [3.8, 4) is 5.75 Å². The summed E-state index contributed by atoms with van der Waals surface area (Å²) in [5.41, 5.74) is 1.82. The van der Waals surface area contributed by atoms with Gasteiger partial charge in [0.2, 0.25) is 5.95 Å². The Morgan fingerprint density at radius 3 is 2.41 bits per heavy atom. The number of ether oxygens (including phenoxy) is 1. The molecule has 0 bridgehead atoms. The second kappa shape index (κ2) is 9.38. The summed E-state index contributed by atoms with van der Waals surface area (Å²) in [6, 6.07) is 13.2. The number of hydrogen-bond donors (Lipinski definition) is 1. The van der Waals surface area contributed by atoms with E-state index in [0.717, 1.165) is 12.5 Å². The van der Waals surface area contributed by atoms with Crippen molar-refractivity contribution < 1.29 is 17.9 Å². The maximum absolute atomic E-state index is 12.8. The molecule has 0 amide bonds. The van der Waals surface area contributed by atoms with Crippen molar-refractivity contribution in [2.75, 3.05) is 5.32 Å². The Labute approximate surface area is 197 Å². The van der Waals surface area contributed by atoms with Gasteiger partial charge < -0.3 is 14.6 Å². The molecule has 0 fully saturated rings. The topological polar surface area (TPSA) is 74.0 Å². The minimum atomic E-state index is -4.46. The summed E-state index contributed by atoms with van der Waals surface area (Å²) >= 11 is 6.00. The van der Waals surface area contributed by atoms with Crippen LogP contribution in [0.5, 0.6) is 5.75 Å². The molecule has 0 aliphatic carbocycles. The molecular weight excluding hydrogens is 471 g/mol. The fourth-order valence-corrected chi connectivity index (χ4v) is 3.50. The van der Waals surface area contributed by atoms with Gasteiger partial charge in [-0.05, 0) is 55.8 Å². The van der Waals surface area contributed by atoms with Crippen LogP contribution in [0.25, 0.3) is 11.2 Å². The van der Waals surface area contributed by atoms with Crippen LogP contribution in [0.4, 0.5) is 24.8 Å². The molecule has 0 aliphatic rings. The smallest absolute Gasteiger partial charge is 0.425 e. The molecule has 0 saturated heterocycles. The van der Waals surface area contributed by atoms with Gasteiger partial charge in [-0.2, -0.15) is 18.2 Å². The van der Waals surface area contributed by atoms with Gasteiger partial charge in [0.1, 0.15) is 5.75 Å². The summed E-state index contributed by atoms with van der Waals surface area (Å²) in [4.78, 5) is 21.4. The lowest BCUT2D eigenvalue weighted by Gasteiger charge is -2.18. The van der Waals surface area contributed by atoms with Crippen LogP contribution in [0.15, 0.2) is 59.7 Å². The van der Waals surface area contributed by atoms with Gasteiger partial charge in [0.15, 0.2) is 17.3 Å². The van der Waals surface area contributed by atoms with Crippen LogP contribution in [0.3, 0.4) is 0 Å². The summed E-state index contributed by atoms with van der Waals surface area (Å²) in [6.45, 7) is 3.75. The number of halogens is 4. The van der Waals surface area contributed by atoms with Gasteiger partial charge in [-0.1, -0.05) is 23.7 Å². The average Bonchev–Trinajstić information content (AvgIpc) is 3.23. The maximum atomic E-state index is 12.8. The summed E-state index contributed by atoms with van der Waals surface area (Å²) in [5, 5.41) is 3.67. The van der Waals surface area contributed by atoms with Gasteiger partial charge in [-0.15, -0.1) is 0 Å². The fourth-order valence-electron chi connectivity index (χ4n) is 3.37. The minimum Gasteiger partial charge on any atom is -0.481 e. The van der Waals surface area contributed by atoms with E-state index < -0.39 is 17.8 Å². The third-order valence-electron chi connectivity index (χ3n) is 5.22. The second-order valence-corrected chi connectivity index (χ2v) is 8.04. The Balaban J connectivity index is 1.69. The van der Waals surface area contributed by atoms with Crippen molar-refractivity contribution in [3.05, 3.63) is 75.8 Å². The number of nitrogens with zero attached hydrogens (tertiary/aromatic N) is 4. The van der Waals surface area contributed by atoms with Crippen LogP contribution in [-0.4, -0.2) is 31.4 Å². The second-order valence-electron chi connectivity index (χ2n) is 7.61. The van der Waals surface area contributed by atoms with Gasteiger partial charge >= 0.3 is 11.7 Å². The summed E-state index contributed by atoms with van der Waals surface area (Å²) in [6.07, 6.45) is -4.81. The largest absolute Gasteiger partial charge is 0.481 e. The van der Waals surface area contributed by atoms with E-state index in [9.17, 15) is 18.0 Å². The molecule has 1 atom stereocenters. The van der Waals surface area contributed by atoms with Crippen molar-refractivity contribution in [2.45, 2.75) is 39.2 Å². The van der Waals surface area contributed by atoms with E-state index in [1.165, 1.54) is 12.1 Å². The van der Waals surface area contributed by atoms with E-state index in [-0.39, 0.29) is 11.7 Å². The molecule has 1 N–H and O–H groups in total. The Hall–Kier alpha value is -3.53. The molecule has 4 rings (SSSR count). The highest BCUT2D eigenvalue weighted by Gasteiger charge is 2.38. The molecule has 4 aromatic rings. The number of imidazole rings is 1. The lowest BCUT2D eigenvalue weighted by atomic mass is 10.2. The zero-order valence-corrected chi connectivity index (χ0v) is 19.1. The number of alkyl halides is 3. The van der Waals surface area contributed by atoms with Crippen molar-refractivity contribution in [3.63, 3.8) is 0 Å². The van der Waals surface area contributed by atoms with Gasteiger partial charge in [-0.3, -0.25) is 9.36 Å². The highest BCUT2D eigenvalue weighted by Crippen LogP contribution is 2.27. The fraction of sp³-hybridized carbons (Fsp3) is 0.261. The standard InChI is InChI=1S/C23H21ClF3N5O2/c1-3-31-13-28-20-19(31)21(33)30-22(32(20)12-15-4-6-16(24)7-5-15)29-17-8-10-18(11-9-17)34-14(2)23(25,26)27/h4-11,13-14H,3,12H2,1-2H3,(H,29,30,33)/t14-/m1/s1. The minimum absolute atomic E-state index is 0.0685. The van der Waals surface area contributed by atoms with Crippen LogP contribution < -0.4 is 15.6 Å². The molecule has 178 valence electrons. The average molecular weight is 492 g/mol. The first-order valence-electron chi connectivity index (χ1n) is 10.5. The first-order chi connectivity index (χ1) is 16.2. The number of anilines is 2. The SMILES string of the molecule is CCn1cnc2c1c(=O)nc(Nc1ccc(O[C@H](C)C(F)(F)F)cc1)n2Cc1ccc(Cl)cc1. The van der Waals surface area contributed by atoms with Gasteiger partial charge in [0, 0.05) is 17.3 Å². The van der Waals surface area contributed by atoms with Crippen molar-refractivity contribution in [1.82, 2.24) is 19.1 Å². The lowest BCUT2D eigenvalue weighted by molar-refractivity contribution is -0.189. The van der Waals surface area contributed by atoms with Crippen LogP contribution in [0.1, 0.15) is 19.4 Å². The van der Waals surface area contributed by atoms with Crippen LogP contribution in [0, 0.1) is 0 Å². The van der Waals surface area contributed by atoms with Crippen LogP contribution >= 0.6 is 11.6 Å². The number of rotatable bonds is 7. The van der Waals surface area contributed by atoms with Gasteiger partial charge in [-0.25, -0.2) is 4.98 Å². The van der Waals surface area contributed by atoms with E-state index in [1.54, 1.807) is 39.7 Å². The summed E-state index contributed by atoms with van der Waals surface area (Å²) < 4.78 is 46.7.